The van der Waals surface area contributed by atoms with Crippen LogP contribution in [0.2, 0.25) is 0 Å². The minimum absolute atomic E-state index is 0.190. The van der Waals surface area contributed by atoms with Gasteiger partial charge in [-0.25, -0.2) is 4.79 Å². The lowest BCUT2D eigenvalue weighted by molar-refractivity contribution is -0.153. The van der Waals surface area contributed by atoms with Gasteiger partial charge in [-0.2, -0.15) is 5.26 Å². The summed E-state index contributed by atoms with van der Waals surface area (Å²) in [5, 5.41) is 8.76. The highest BCUT2D eigenvalue weighted by Crippen LogP contribution is 2.32. The molecule has 0 atom stereocenters. The van der Waals surface area contributed by atoms with Crippen molar-refractivity contribution in [3.05, 3.63) is 53.6 Å². The summed E-state index contributed by atoms with van der Waals surface area (Å²) >= 11 is 0. The average Bonchev–Trinajstić information content (AvgIpc) is 3.22. The Morgan fingerprint density at radius 3 is 2.59 bits per heavy atom. The van der Waals surface area contributed by atoms with Crippen molar-refractivity contribution in [1.82, 2.24) is 4.90 Å². The molecule has 2 aromatic carbocycles. The zero-order chi connectivity index (χ0) is 20.6. The summed E-state index contributed by atoms with van der Waals surface area (Å²) in [5.41, 5.74) is 1.38. The van der Waals surface area contributed by atoms with Crippen LogP contribution in [0.5, 0.6) is 17.2 Å². The molecule has 0 radical (unpaired) electrons. The molecule has 8 heteroatoms. The largest absolute Gasteiger partial charge is 0.482 e. The Bertz CT molecular complexity index is 920. The van der Waals surface area contributed by atoms with Crippen LogP contribution in [0.1, 0.15) is 18.1 Å². The lowest BCUT2D eigenvalue weighted by atomic mass is 10.2. The van der Waals surface area contributed by atoms with E-state index in [1.807, 2.05) is 25.1 Å². The molecule has 1 heterocycles. The van der Waals surface area contributed by atoms with Crippen molar-refractivity contribution in [3.63, 3.8) is 0 Å². The van der Waals surface area contributed by atoms with Gasteiger partial charge in [0.05, 0.1) is 11.6 Å². The van der Waals surface area contributed by atoms with Crippen LogP contribution in [0.4, 0.5) is 0 Å². The maximum Gasteiger partial charge on any atom is 0.344 e. The molecule has 0 unspecified atom stereocenters. The maximum atomic E-state index is 12.4. The fourth-order valence-electron chi connectivity index (χ4n) is 2.68. The van der Waals surface area contributed by atoms with Crippen LogP contribution in [0.25, 0.3) is 0 Å². The number of ether oxygens (including phenoxy) is 4. The van der Waals surface area contributed by atoms with Crippen molar-refractivity contribution in [2.45, 2.75) is 13.5 Å². The van der Waals surface area contributed by atoms with Gasteiger partial charge in [0.2, 0.25) is 6.79 Å². The monoisotopic (exact) mass is 396 g/mol. The van der Waals surface area contributed by atoms with Crippen molar-refractivity contribution in [2.75, 3.05) is 26.6 Å². The second-order valence-electron chi connectivity index (χ2n) is 6.18. The van der Waals surface area contributed by atoms with Crippen LogP contribution in [0.3, 0.4) is 0 Å². The van der Waals surface area contributed by atoms with E-state index in [9.17, 15) is 9.59 Å². The zero-order valence-electron chi connectivity index (χ0n) is 15.9. The Morgan fingerprint density at radius 1 is 1.10 bits per heavy atom. The van der Waals surface area contributed by atoms with Crippen LogP contribution >= 0.6 is 0 Å². The van der Waals surface area contributed by atoms with Crippen LogP contribution in [0.15, 0.2) is 42.5 Å². The molecule has 0 fully saturated rings. The van der Waals surface area contributed by atoms with Crippen molar-refractivity contribution in [2.24, 2.45) is 0 Å². The standard InChI is InChI=1S/C21H20N2O6/c1-2-23(11-16-5-8-18-19(9-16)29-14-28-18)20(24)12-27-21(25)13-26-17-6-3-15(10-22)4-7-17/h3-9H,2,11-14H2,1H3. The number of carbonyl (C=O) groups excluding carboxylic acids is 2. The summed E-state index contributed by atoms with van der Waals surface area (Å²) in [6, 6.07) is 13.8. The van der Waals surface area contributed by atoms with E-state index in [4.69, 9.17) is 24.2 Å². The smallest absolute Gasteiger partial charge is 0.344 e. The van der Waals surface area contributed by atoms with E-state index in [0.29, 0.717) is 35.9 Å². The van der Waals surface area contributed by atoms with Crippen LogP contribution in [-0.4, -0.2) is 43.3 Å². The highest BCUT2D eigenvalue weighted by molar-refractivity contribution is 5.81. The summed E-state index contributed by atoms with van der Waals surface area (Å²) in [7, 11) is 0. The predicted octanol–water partition coefficient (Wildman–Crippen LogP) is 2.26. The Kier molecular flexibility index (Phi) is 6.53. The van der Waals surface area contributed by atoms with Crippen LogP contribution in [-0.2, 0) is 20.9 Å². The summed E-state index contributed by atoms with van der Waals surface area (Å²) in [6.45, 7) is 2.18. The molecular weight excluding hydrogens is 376 g/mol. The second kappa shape index (κ2) is 9.46. The van der Waals surface area contributed by atoms with Crippen molar-refractivity contribution in [3.8, 4) is 23.3 Å². The minimum Gasteiger partial charge on any atom is -0.482 e. The third-order valence-electron chi connectivity index (χ3n) is 4.24. The highest BCUT2D eigenvalue weighted by atomic mass is 16.7. The second-order valence-corrected chi connectivity index (χ2v) is 6.18. The van der Waals surface area contributed by atoms with Crippen molar-refractivity contribution < 1.29 is 28.5 Å². The van der Waals surface area contributed by atoms with Gasteiger partial charge in [0.1, 0.15) is 5.75 Å². The lowest BCUT2D eigenvalue weighted by Gasteiger charge is -2.21. The van der Waals surface area contributed by atoms with Gasteiger partial charge in [0.25, 0.3) is 5.91 Å². The highest BCUT2D eigenvalue weighted by Gasteiger charge is 2.18. The molecule has 0 aliphatic carbocycles. The molecule has 1 amide bonds. The molecule has 1 aliphatic rings. The fourth-order valence-corrected chi connectivity index (χ4v) is 2.68. The first-order valence-electron chi connectivity index (χ1n) is 9.04. The summed E-state index contributed by atoms with van der Waals surface area (Å²) in [6.07, 6.45) is 0. The molecule has 150 valence electrons. The third kappa shape index (κ3) is 5.39. The Labute approximate surface area is 168 Å². The van der Waals surface area contributed by atoms with Gasteiger partial charge in [-0.05, 0) is 48.9 Å². The van der Waals surface area contributed by atoms with E-state index >= 15 is 0 Å². The number of amides is 1. The molecule has 3 rings (SSSR count). The van der Waals surface area contributed by atoms with Gasteiger partial charge in [-0.15, -0.1) is 0 Å². The molecule has 0 N–H and O–H groups in total. The van der Waals surface area contributed by atoms with Gasteiger partial charge >= 0.3 is 5.97 Å². The predicted molar refractivity (Wildman–Crippen MR) is 101 cm³/mol. The number of benzene rings is 2. The first kappa shape index (κ1) is 20.0. The number of carbonyl (C=O) groups is 2. The molecule has 1 aliphatic heterocycles. The van der Waals surface area contributed by atoms with E-state index < -0.39 is 5.97 Å². The molecule has 8 nitrogen and oxygen atoms in total. The van der Waals surface area contributed by atoms with Gasteiger partial charge in [-0.1, -0.05) is 6.07 Å². The van der Waals surface area contributed by atoms with E-state index in [-0.39, 0.29) is 25.9 Å². The van der Waals surface area contributed by atoms with Gasteiger partial charge in [0.15, 0.2) is 24.7 Å². The molecule has 2 aromatic rings. The molecular formula is C21H20N2O6. The number of nitrogens with zero attached hydrogens (tertiary/aromatic N) is 2. The SMILES string of the molecule is CCN(Cc1ccc2c(c1)OCO2)C(=O)COC(=O)COc1ccc(C#N)cc1. The summed E-state index contributed by atoms with van der Waals surface area (Å²) < 4.78 is 20.9. The number of rotatable bonds is 8. The van der Waals surface area contributed by atoms with Crippen molar-refractivity contribution in [1.29, 1.82) is 5.26 Å². The quantitative estimate of drug-likeness (QED) is 0.631. The number of likely N-dealkylation sites (N-methyl/N-ethyl adjacent to an activating group) is 1. The van der Waals surface area contributed by atoms with E-state index in [1.165, 1.54) is 0 Å². The van der Waals surface area contributed by atoms with Gasteiger partial charge < -0.3 is 23.8 Å². The topological polar surface area (TPSA) is 98.1 Å². The number of esters is 1. The first-order valence-corrected chi connectivity index (χ1v) is 9.04. The van der Waals surface area contributed by atoms with E-state index in [0.717, 1.165) is 5.56 Å². The summed E-state index contributed by atoms with van der Waals surface area (Å²) in [4.78, 5) is 25.8. The van der Waals surface area contributed by atoms with E-state index in [1.54, 1.807) is 35.2 Å². The molecule has 29 heavy (non-hydrogen) atoms. The molecule has 0 spiro atoms. The minimum atomic E-state index is -0.651. The number of nitriles is 1. The average molecular weight is 396 g/mol. The van der Waals surface area contributed by atoms with Crippen LogP contribution < -0.4 is 14.2 Å². The van der Waals surface area contributed by atoms with Crippen molar-refractivity contribution >= 4 is 11.9 Å². The molecule has 0 bridgehead atoms. The zero-order valence-corrected chi connectivity index (χ0v) is 15.9. The Balaban J connectivity index is 1.45. The Hall–Kier alpha value is -3.73. The number of hydrogen-bond acceptors (Lipinski definition) is 7. The normalized spacial score (nSPS) is 11.4. The number of fused-ring (bicyclic) bond motifs is 1. The first-order chi connectivity index (χ1) is 14.1. The molecule has 0 saturated carbocycles. The molecule has 0 aromatic heterocycles. The number of hydrogen-bond donors (Lipinski definition) is 0. The van der Waals surface area contributed by atoms with Crippen LogP contribution in [0, 0.1) is 11.3 Å². The maximum absolute atomic E-state index is 12.4. The van der Waals surface area contributed by atoms with Gasteiger partial charge in [0, 0.05) is 13.1 Å². The molecule has 0 saturated heterocycles. The third-order valence-corrected chi connectivity index (χ3v) is 4.24. The summed E-state index contributed by atoms with van der Waals surface area (Å²) in [5.74, 6) is 0.806. The lowest BCUT2D eigenvalue weighted by Crippen LogP contribution is -2.34. The van der Waals surface area contributed by atoms with Gasteiger partial charge in [-0.3, -0.25) is 4.79 Å². The van der Waals surface area contributed by atoms with E-state index in [2.05, 4.69) is 0 Å². The Morgan fingerprint density at radius 2 is 1.86 bits per heavy atom. The fraction of sp³-hybridized carbons (Fsp3) is 0.286.